The molecule has 2 N–H and O–H groups in total. The number of anilines is 1. The molecule has 1 aromatic heterocycles. The van der Waals surface area contributed by atoms with Crippen molar-refractivity contribution in [3.63, 3.8) is 0 Å². The van der Waals surface area contributed by atoms with Crippen molar-refractivity contribution in [1.82, 2.24) is 5.32 Å². The first-order valence-electron chi connectivity index (χ1n) is 8.47. The van der Waals surface area contributed by atoms with E-state index < -0.39 is 11.3 Å². The van der Waals surface area contributed by atoms with Gasteiger partial charge in [0.1, 0.15) is 16.2 Å². The summed E-state index contributed by atoms with van der Waals surface area (Å²) < 4.78 is 5.62. The second-order valence-corrected chi connectivity index (χ2v) is 6.75. The summed E-state index contributed by atoms with van der Waals surface area (Å²) in [6, 6.07) is 15.0. The zero-order valence-corrected chi connectivity index (χ0v) is 15.7. The van der Waals surface area contributed by atoms with Gasteiger partial charge in [0.05, 0.1) is 18.3 Å². The Labute approximate surface area is 163 Å². The molecule has 5 nitrogen and oxygen atoms in total. The van der Waals surface area contributed by atoms with Gasteiger partial charge in [-0.05, 0) is 37.6 Å². The van der Waals surface area contributed by atoms with Crippen molar-refractivity contribution in [2.75, 3.05) is 5.32 Å². The number of furan rings is 1. The number of allylic oxidation sites excluding steroid dienone is 2. The number of nitrogens with one attached hydrogen (secondary N) is 2. The highest BCUT2D eigenvalue weighted by Gasteiger charge is 2.51. The lowest BCUT2D eigenvalue weighted by Crippen LogP contribution is -2.49. The molecule has 0 unspecified atom stereocenters. The van der Waals surface area contributed by atoms with Crippen LogP contribution in [0.5, 0.6) is 0 Å². The van der Waals surface area contributed by atoms with E-state index in [9.17, 15) is 10.1 Å². The molecule has 1 aromatic carbocycles. The van der Waals surface area contributed by atoms with Crippen molar-refractivity contribution in [1.29, 1.82) is 5.26 Å². The van der Waals surface area contributed by atoms with Crippen LogP contribution in [0.1, 0.15) is 25.0 Å². The van der Waals surface area contributed by atoms with Crippen molar-refractivity contribution in [2.24, 2.45) is 5.41 Å². The summed E-state index contributed by atoms with van der Waals surface area (Å²) in [4.78, 5) is 13.5. The van der Waals surface area contributed by atoms with Gasteiger partial charge in [0, 0.05) is 17.0 Å². The molecule has 1 aliphatic heterocycles. The highest BCUT2D eigenvalue weighted by atomic mass is 32.1. The van der Waals surface area contributed by atoms with Gasteiger partial charge in [0.25, 0.3) is 5.91 Å². The maximum atomic E-state index is 13.2. The Morgan fingerprint density at radius 3 is 2.74 bits per heavy atom. The third-order valence-electron chi connectivity index (χ3n) is 4.66. The quantitative estimate of drug-likeness (QED) is 0.600. The summed E-state index contributed by atoms with van der Waals surface area (Å²) in [5.41, 5.74) is 0.536. The number of para-hydroxylation sites is 1. The smallest absolute Gasteiger partial charge is 0.254 e. The number of amides is 1. The fourth-order valence-electron chi connectivity index (χ4n) is 3.40. The van der Waals surface area contributed by atoms with Gasteiger partial charge >= 0.3 is 0 Å². The number of hydrogen-bond donors (Lipinski definition) is 2. The van der Waals surface area contributed by atoms with E-state index in [0.29, 0.717) is 27.7 Å². The van der Waals surface area contributed by atoms with E-state index in [0.717, 1.165) is 0 Å². The number of rotatable bonds is 5. The third-order valence-corrected chi connectivity index (χ3v) is 5.13. The van der Waals surface area contributed by atoms with Gasteiger partial charge in [0.15, 0.2) is 0 Å². The molecule has 0 spiro atoms. The Hall–Kier alpha value is -3.17. The van der Waals surface area contributed by atoms with E-state index in [1.165, 1.54) is 6.26 Å². The number of carbonyl (C=O) groups is 1. The van der Waals surface area contributed by atoms with Gasteiger partial charge in [-0.2, -0.15) is 5.26 Å². The third kappa shape index (κ3) is 3.29. The Balaban J connectivity index is 2.13. The minimum Gasteiger partial charge on any atom is -0.469 e. The largest absolute Gasteiger partial charge is 0.469 e. The van der Waals surface area contributed by atoms with Crippen LogP contribution in [0.25, 0.3) is 0 Å². The van der Waals surface area contributed by atoms with Crippen molar-refractivity contribution in [3.05, 3.63) is 78.4 Å². The van der Waals surface area contributed by atoms with E-state index in [1.54, 1.807) is 37.3 Å². The minimum absolute atomic E-state index is 0.288. The van der Waals surface area contributed by atoms with Gasteiger partial charge < -0.3 is 15.1 Å². The Kier molecular flexibility index (Phi) is 5.24. The number of benzene rings is 1. The predicted octanol–water partition coefficient (Wildman–Crippen LogP) is 4.29. The lowest BCUT2D eigenvalue weighted by molar-refractivity contribution is -0.113. The summed E-state index contributed by atoms with van der Waals surface area (Å²) in [6.45, 7) is 5.54. The molecule has 0 bridgehead atoms. The standard InChI is InChI=1S/C21H19N3O2S/c1-3-11-21(13-22)18(16-10-7-12-26-16)17(14(2)23-20(21)27)19(25)24-15-8-5-4-6-9-15/h3-10,12,18H,1,11H2,2H3,(H,23,27)(H,24,25)/t18-,21-/m0/s1. The van der Waals surface area contributed by atoms with Gasteiger partial charge in [-0.3, -0.25) is 4.79 Å². The molecule has 136 valence electrons. The van der Waals surface area contributed by atoms with Crippen LogP contribution >= 0.6 is 12.2 Å². The van der Waals surface area contributed by atoms with Gasteiger partial charge in [-0.15, -0.1) is 6.58 Å². The molecule has 3 rings (SSSR count). The molecule has 2 heterocycles. The summed E-state index contributed by atoms with van der Waals surface area (Å²) in [5, 5.41) is 16.0. The van der Waals surface area contributed by atoms with Crippen LogP contribution in [0.15, 0.2) is 77.1 Å². The van der Waals surface area contributed by atoms with Crippen LogP contribution < -0.4 is 10.6 Å². The monoisotopic (exact) mass is 377 g/mol. The first-order chi connectivity index (χ1) is 13.0. The Morgan fingerprint density at radius 2 is 2.15 bits per heavy atom. The molecule has 2 aromatic rings. The summed E-state index contributed by atoms with van der Waals surface area (Å²) in [6.07, 6.45) is 3.45. The highest BCUT2D eigenvalue weighted by molar-refractivity contribution is 7.80. The lowest BCUT2D eigenvalue weighted by atomic mass is 9.66. The average Bonchev–Trinajstić information content (AvgIpc) is 3.18. The fourth-order valence-corrected chi connectivity index (χ4v) is 3.80. The molecule has 0 aliphatic carbocycles. The lowest BCUT2D eigenvalue weighted by Gasteiger charge is -2.40. The molecule has 1 aliphatic rings. The molecule has 0 radical (unpaired) electrons. The molecule has 27 heavy (non-hydrogen) atoms. The van der Waals surface area contributed by atoms with E-state index in [1.807, 2.05) is 18.2 Å². The van der Waals surface area contributed by atoms with Crippen molar-refractivity contribution in [3.8, 4) is 6.07 Å². The van der Waals surface area contributed by atoms with Gasteiger partial charge in [-0.1, -0.05) is 36.5 Å². The number of nitrogens with zero attached hydrogens (tertiary/aromatic N) is 1. The Morgan fingerprint density at radius 1 is 1.41 bits per heavy atom. The number of carbonyl (C=O) groups excluding carboxylic acids is 1. The van der Waals surface area contributed by atoms with E-state index in [2.05, 4.69) is 23.3 Å². The summed E-state index contributed by atoms with van der Waals surface area (Å²) in [5.74, 6) is -0.438. The first kappa shape index (κ1) is 18.6. The maximum Gasteiger partial charge on any atom is 0.254 e. The Bertz CT molecular complexity index is 942. The van der Waals surface area contributed by atoms with Crippen molar-refractivity contribution >= 4 is 28.8 Å². The zero-order valence-electron chi connectivity index (χ0n) is 14.9. The first-order valence-corrected chi connectivity index (χ1v) is 8.88. The highest BCUT2D eigenvalue weighted by Crippen LogP contribution is 2.48. The normalized spacial score (nSPS) is 21.9. The van der Waals surface area contributed by atoms with Crippen LogP contribution in [-0.2, 0) is 4.79 Å². The molecule has 1 amide bonds. The topological polar surface area (TPSA) is 78.1 Å². The van der Waals surface area contributed by atoms with Crippen LogP contribution in [0.4, 0.5) is 5.69 Å². The fraction of sp³-hybridized carbons (Fsp3) is 0.190. The summed E-state index contributed by atoms with van der Waals surface area (Å²) in [7, 11) is 0. The average molecular weight is 377 g/mol. The molecule has 0 saturated carbocycles. The molecular formula is C21H19N3O2S. The van der Waals surface area contributed by atoms with E-state index in [4.69, 9.17) is 16.6 Å². The summed E-state index contributed by atoms with van der Waals surface area (Å²) >= 11 is 5.51. The number of thiocarbonyl (C=S) groups is 1. The van der Waals surface area contributed by atoms with Crippen LogP contribution in [0, 0.1) is 16.7 Å². The number of nitriles is 1. The minimum atomic E-state index is -1.15. The molecule has 2 atom stereocenters. The SMILES string of the molecule is C=CC[C@@]1(C#N)C(=S)NC(C)=C(C(=O)Nc2ccccc2)[C@@H]1c1ccco1. The second-order valence-electron chi connectivity index (χ2n) is 6.34. The predicted molar refractivity (Wildman–Crippen MR) is 108 cm³/mol. The molecule has 6 heteroatoms. The van der Waals surface area contributed by atoms with Gasteiger partial charge in [-0.25, -0.2) is 0 Å². The van der Waals surface area contributed by atoms with E-state index in [-0.39, 0.29) is 12.3 Å². The zero-order chi connectivity index (χ0) is 19.4. The molecule has 0 saturated heterocycles. The second kappa shape index (κ2) is 7.60. The molecular weight excluding hydrogens is 358 g/mol. The van der Waals surface area contributed by atoms with Crippen LogP contribution in [-0.4, -0.2) is 10.9 Å². The van der Waals surface area contributed by atoms with Crippen LogP contribution in [0.2, 0.25) is 0 Å². The van der Waals surface area contributed by atoms with Crippen molar-refractivity contribution < 1.29 is 9.21 Å². The maximum absolute atomic E-state index is 13.2. The van der Waals surface area contributed by atoms with Crippen LogP contribution in [0.3, 0.4) is 0 Å². The van der Waals surface area contributed by atoms with E-state index >= 15 is 0 Å². The van der Waals surface area contributed by atoms with Gasteiger partial charge in [0.2, 0.25) is 0 Å². The number of hydrogen-bond acceptors (Lipinski definition) is 4. The molecule has 0 fully saturated rings. The van der Waals surface area contributed by atoms with Crippen molar-refractivity contribution in [2.45, 2.75) is 19.3 Å².